The van der Waals surface area contributed by atoms with Crippen LogP contribution < -0.4 is 4.90 Å². The van der Waals surface area contributed by atoms with Crippen molar-refractivity contribution in [3.05, 3.63) is 59.2 Å². The molecular formula is C18H15ClN4O2. The molecular weight excluding hydrogens is 340 g/mol. The van der Waals surface area contributed by atoms with Gasteiger partial charge in [-0.2, -0.15) is 4.98 Å². The zero-order valence-corrected chi connectivity index (χ0v) is 14.3. The number of amides is 1. The van der Waals surface area contributed by atoms with Crippen LogP contribution in [0.2, 0.25) is 5.02 Å². The van der Waals surface area contributed by atoms with E-state index in [1.165, 1.54) is 0 Å². The highest BCUT2D eigenvalue weighted by Gasteiger charge is 2.35. The van der Waals surface area contributed by atoms with Crippen LogP contribution in [-0.4, -0.2) is 27.6 Å². The molecule has 0 radical (unpaired) electrons. The van der Waals surface area contributed by atoms with Gasteiger partial charge in [0.25, 0.3) is 0 Å². The predicted molar refractivity (Wildman–Crippen MR) is 93.4 cm³/mol. The summed E-state index contributed by atoms with van der Waals surface area (Å²) >= 11 is 5.91. The molecule has 1 fully saturated rings. The maximum absolute atomic E-state index is 12.4. The number of aromatic nitrogens is 3. The van der Waals surface area contributed by atoms with Gasteiger partial charge in [0.05, 0.1) is 5.92 Å². The zero-order valence-electron chi connectivity index (χ0n) is 13.5. The number of halogens is 1. The average Bonchev–Trinajstić information content (AvgIpc) is 3.23. The van der Waals surface area contributed by atoms with Gasteiger partial charge in [0.2, 0.25) is 17.6 Å². The van der Waals surface area contributed by atoms with Gasteiger partial charge in [-0.3, -0.25) is 9.78 Å². The molecule has 1 aliphatic rings. The molecule has 0 spiro atoms. The summed E-state index contributed by atoms with van der Waals surface area (Å²) in [6.45, 7) is 2.43. The van der Waals surface area contributed by atoms with Gasteiger partial charge in [-0.1, -0.05) is 16.8 Å². The van der Waals surface area contributed by atoms with Crippen molar-refractivity contribution in [2.75, 3.05) is 11.4 Å². The Morgan fingerprint density at radius 2 is 2.00 bits per heavy atom. The summed E-state index contributed by atoms with van der Waals surface area (Å²) in [6, 6.07) is 11.0. The Hall–Kier alpha value is -2.73. The zero-order chi connectivity index (χ0) is 17.4. The predicted octanol–water partition coefficient (Wildman–Crippen LogP) is 3.61. The van der Waals surface area contributed by atoms with Crippen LogP contribution in [0.15, 0.2) is 47.1 Å². The fourth-order valence-electron chi connectivity index (χ4n) is 2.86. The number of carbonyl (C=O) groups excluding carboxylic acids is 1. The minimum atomic E-state index is -0.122. The number of rotatable bonds is 3. The molecule has 1 aromatic carbocycles. The van der Waals surface area contributed by atoms with Gasteiger partial charge in [0.15, 0.2) is 0 Å². The van der Waals surface area contributed by atoms with Gasteiger partial charge >= 0.3 is 0 Å². The number of aryl methyl sites for hydroxylation is 1. The Balaban J connectivity index is 1.54. The smallest absolute Gasteiger partial charge is 0.232 e. The first-order valence-electron chi connectivity index (χ1n) is 7.93. The average molecular weight is 355 g/mol. The Labute approximate surface area is 149 Å². The van der Waals surface area contributed by atoms with Crippen LogP contribution >= 0.6 is 11.6 Å². The lowest BCUT2D eigenvalue weighted by molar-refractivity contribution is -0.117. The van der Waals surface area contributed by atoms with Crippen LogP contribution in [0.5, 0.6) is 0 Å². The molecule has 1 saturated heterocycles. The lowest BCUT2D eigenvalue weighted by Crippen LogP contribution is -2.24. The molecule has 3 heterocycles. The fraction of sp³-hybridized carbons (Fsp3) is 0.222. The number of hydrogen-bond donors (Lipinski definition) is 0. The van der Waals surface area contributed by atoms with Crippen LogP contribution in [0.4, 0.5) is 5.69 Å². The molecule has 3 aromatic rings. The molecule has 0 saturated carbocycles. The molecule has 4 rings (SSSR count). The number of nitrogens with zero attached hydrogens (tertiary/aromatic N) is 4. The number of benzene rings is 1. The summed E-state index contributed by atoms with van der Waals surface area (Å²) in [5.74, 6) is 0.868. The van der Waals surface area contributed by atoms with Crippen molar-refractivity contribution in [1.29, 1.82) is 0 Å². The summed E-state index contributed by atoms with van der Waals surface area (Å²) in [4.78, 5) is 22.8. The molecule has 126 valence electrons. The number of pyridine rings is 1. The summed E-state index contributed by atoms with van der Waals surface area (Å²) in [7, 11) is 0. The summed E-state index contributed by atoms with van der Waals surface area (Å²) < 4.78 is 5.40. The third-order valence-corrected chi connectivity index (χ3v) is 4.48. The summed E-state index contributed by atoms with van der Waals surface area (Å²) in [5.41, 5.74) is 2.53. The van der Waals surface area contributed by atoms with Gasteiger partial charge < -0.3 is 9.42 Å². The molecule has 1 unspecified atom stereocenters. The van der Waals surface area contributed by atoms with E-state index >= 15 is 0 Å². The van der Waals surface area contributed by atoms with E-state index in [1.54, 1.807) is 23.2 Å². The standard InChI is InChI=1S/C18H15ClN4O2/c1-11-2-3-12(9-20-11)17-21-18(25-22-17)13-8-16(24)23(10-13)15-6-4-14(19)5-7-15/h2-7,9,13H,8,10H2,1H3. The highest BCUT2D eigenvalue weighted by molar-refractivity contribution is 6.30. The highest BCUT2D eigenvalue weighted by atomic mass is 35.5. The number of carbonyl (C=O) groups is 1. The van der Waals surface area contributed by atoms with Crippen LogP contribution in [0, 0.1) is 6.92 Å². The van der Waals surface area contributed by atoms with Gasteiger partial charge in [0, 0.05) is 41.1 Å². The Bertz CT molecular complexity index is 906. The van der Waals surface area contributed by atoms with E-state index in [2.05, 4.69) is 15.1 Å². The van der Waals surface area contributed by atoms with Crippen molar-refractivity contribution >= 4 is 23.2 Å². The third-order valence-electron chi connectivity index (χ3n) is 4.22. The van der Waals surface area contributed by atoms with E-state index < -0.39 is 0 Å². The lowest BCUT2D eigenvalue weighted by atomic mass is 10.1. The highest BCUT2D eigenvalue weighted by Crippen LogP contribution is 2.32. The Kier molecular flexibility index (Phi) is 3.97. The van der Waals surface area contributed by atoms with Crippen LogP contribution in [-0.2, 0) is 4.79 Å². The molecule has 0 N–H and O–H groups in total. The summed E-state index contributed by atoms with van der Waals surface area (Å²) in [5, 5.41) is 4.66. The molecule has 0 bridgehead atoms. The van der Waals surface area contributed by atoms with Crippen LogP contribution in [0.25, 0.3) is 11.4 Å². The molecule has 7 heteroatoms. The SMILES string of the molecule is Cc1ccc(-c2noc(C3CC(=O)N(c4ccc(Cl)cc4)C3)n2)cn1. The molecule has 1 aliphatic heterocycles. The van der Waals surface area contributed by atoms with Gasteiger partial charge in [-0.05, 0) is 43.3 Å². The van der Waals surface area contributed by atoms with Crippen molar-refractivity contribution in [2.24, 2.45) is 0 Å². The second kappa shape index (κ2) is 6.29. The largest absolute Gasteiger partial charge is 0.339 e. The minimum absolute atomic E-state index is 0.0316. The molecule has 6 nitrogen and oxygen atoms in total. The Morgan fingerprint density at radius 1 is 1.20 bits per heavy atom. The van der Waals surface area contributed by atoms with E-state index in [-0.39, 0.29) is 11.8 Å². The third kappa shape index (κ3) is 3.13. The topological polar surface area (TPSA) is 72.1 Å². The molecule has 1 amide bonds. The second-order valence-electron chi connectivity index (χ2n) is 6.03. The van der Waals surface area contributed by atoms with E-state index in [0.717, 1.165) is 16.9 Å². The van der Waals surface area contributed by atoms with Crippen molar-refractivity contribution in [3.63, 3.8) is 0 Å². The van der Waals surface area contributed by atoms with E-state index in [0.29, 0.717) is 29.7 Å². The van der Waals surface area contributed by atoms with Crippen molar-refractivity contribution in [1.82, 2.24) is 15.1 Å². The second-order valence-corrected chi connectivity index (χ2v) is 6.46. The van der Waals surface area contributed by atoms with Gasteiger partial charge in [-0.15, -0.1) is 0 Å². The van der Waals surface area contributed by atoms with Gasteiger partial charge in [-0.25, -0.2) is 0 Å². The quantitative estimate of drug-likeness (QED) is 0.718. The van der Waals surface area contributed by atoms with E-state index in [9.17, 15) is 4.79 Å². The number of hydrogen-bond acceptors (Lipinski definition) is 5. The maximum Gasteiger partial charge on any atom is 0.232 e. The Morgan fingerprint density at radius 3 is 2.72 bits per heavy atom. The van der Waals surface area contributed by atoms with E-state index in [1.807, 2.05) is 31.2 Å². The minimum Gasteiger partial charge on any atom is -0.339 e. The first-order chi connectivity index (χ1) is 12.1. The van der Waals surface area contributed by atoms with Crippen molar-refractivity contribution in [3.8, 4) is 11.4 Å². The molecule has 25 heavy (non-hydrogen) atoms. The molecule has 2 aromatic heterocycles. The lowest BCUT2D eigenvalue weighted by Gasteiger charge is -2.15. The first kappa shape index (κ1) is 15.8. The van der Waals surface area contributed by atoms with Crippen molar-refractivity contribution in [2.45, 2.75) is 19.3 Å². The van der Waals surface area contributed by atoms with E-state index in [4.69, 9.17) is 16.1 Å². The molecule has 0 aliphatic carbocycles. The molecule has 1 atom stereocenters. The van der Waals surface area contributed by atoms with Crippen LogP contribution in [0.3, 0.4) is 0 Å². The van der Waals surface area contributed by atoms with Crippen molar-refractivity contribution < 1.29 is 9.32 Å². The summed E-state index contributed by atoms with van der Waals surface area (Å²) in [6.07, 6.45) is 2.06. The first-order valence-corrected chi connectivity index (χ1v) is 8.30. The fourth-order valence-corrected chi connectivity index (χ4v) is 2.99. The van der Waals surface area contributed by atoms with Gasteiger partial charge in [0.1, 0.15) is 0 Å². The monoisotopic (exact) mass is 354 g/mol. The number of anilines is 1. The normalized spacial score (nSPS) is 17.3. The van der Waals surface area contributed by atoms with Crippen LogP contribution in [0.1, 0.15) is 23.9 Å². The maximum atomic E-state index is 12.4.